The Balaban J connectivity index is 2.07. The van der Waals surface area contributed by atoms with E-state index in [1.165, 1.54) is 24.3 Å². The number of aryl methyl sites for hydroxylation is 1. The molecule has 0 spiro atoms. The molecule has 0 radical (unpaired) electrons. The normalized spacial score (nSPS) is 11.2. The van der Waals surface area contributed by atoms with Gasteiger partial charge < -0.3 is 4.74 Å². The molecule has 2 rings (SSSR count). The lowest BCUT2D eigenvalue weighted by molar-refractivity contribution is -0.274. The smallest absolute Gasteiger partial charge is 0.406 e. The number of ether oxygens (including phenoxy) is 1. The Kier molecular flexibility index (Phi) is 4.31. The lowest BCUT2D eigenvalue weighted by atomic mass is 9.99. The number of alkyl halides is 3. The standard InChI is InChI=1S/C16H13F3O2/c1-11-4-2-3-5-14(11)15(20)10-12-6-8-13(9-7-12)21-16(17,18)19/h2-9H,10H2,1H3. The molecule has 0 aliphatic heterocycles. The highest BCUT2D eigenvalue weighted by Crippen LogP contribution is 2.23. The van der Waals surface area contributed by atoms with E-state index < -0.39 is 6.36 Å². The van der Waals surface area contributed by atoms with Gasteiger partial charge in [-0.25, -0.2) is 0 Å². The molecular weight excluding hydrogens is 281 g/mol. The second-order valence-electron chi connectivity index (χ2n) is 4.61. The van der Waals surface area contributed by atoms with Crippen LogP contribution >= 0.6 is 0 Å². The lowest BCUT2D eigenvalue weighted by Crippen LogP contribution is -2.17. The van der Waals surface area contributed by atoms with Gasteiger partial charge in [0.2, 0.25) is 0 Å². The van der Waals surface area contributed by atoms with Crippen LogP contribution in [0.15, 0.2) is 48.5 Å². The van der Waals surface area contributed by atoms with Crippen LogP contribution in [0.4, 0.5) is 13.2 Å². The lowest BCUT2D eigenvalue weighted by Gasteiger charge is -2.09. The zero-order chi connectivity index (χ0) is 15.5. The topological polar surface area (TPSA) is 26.3 Å². The van der Waals surface area contributed by atoms with Crippen LogP contribution in [0.2, 0.25) is 0 Å². The molecule has 0 N–H and O–H groups in total. The molecule has 0 fully saturated rings. The molecule has 0 amide bonds. The third-order valence-electron chi connectivity index (χ3n) is 2.97. The summed E-state index contributed by atoms with van der Waals surface area (Å²) in [6, 6.07) is 12.5. The molecule has 0 bridgehead atoms. The molecule has 110 valence electrons. The molecule has 2 nitrogen and oxygen atoms in total. The second kappa shape index (κ2) is 5.99. The third-order valence-corrected chi connectivity index (χ3v) is 2.97. The van der Waals surface area contributed by atoms with Crippen LogP contribution in [0, 0.1) is 6.92 Å². The Labute approximate surface area is 120 Å². The highest BCUT2D eigenvalue weighted by atomic mass is 19.4. The van der Waals surface area contributed by atoms with E-state index in [0.717, 1.165) is 5.56 Å². The van der Waals surface area contributed by atoms with Crippen LogP contribution < -0.4 is 4.74 Å². The van der Waals surface area contributed by atoms with Gasteiger partial charge in [0.15, 0.2) is 5.78 Å². The maximum Gasteiger partial charge on any atom is 0.573 e. The molecule has 0 saturated heterocycles. The minimum Gasteiger partial charge on any atom is -0.406 e. The van der Waals surface area contributed by atoms with Gasteiger partial charge in [0.1, 0.15) is 5.75 Å². The number of halogens is 3. The number of hydrogen-bond acceptors (Lipinski definition) is 2. The summed E-state index contributed by atoms with van der Waals surface area (Å²) in [5, 5.41) is 0. The fourth-order valence-corrected chi connectivity index (χ4v) is 1.98. The maximum absolute atomic E-state index is 12.1. The van der Waals surface area contributed by atoms with E-state index in [1.807, 2.05) is 19.1 Å². The van der Waals surface area contributed by atoms with Gasteiger partial charge in [0.05, 0.1) is 0 Å². The van der Waals surface area contributed by atoms with E-state index in [-0.39, 0.29) is 18.0 Å². The van der Waals surface area contributed by atoms with Crippen LogP contribution in [-0.2, 0) is 6.42 Å². The maximum atomic E-state index is 12.1. The highest BCUT2D eigenvalue weighted by Gasteiger charge is 2.30. The minimum absolute atomic E-state index is 0.0717. The number of ketones is 1. The SMILES string of the molecule is Cc1ccccc1C(=O)Cc1ccc(OC(F)(F)F)cc1. The molecular formula is C16H13F3O2. The zero-order valence-electron chi connectivity index (χ0n) is 11.3. The van der Waals surface area contributed by atoms with Gasteiger partial charge >= 0.3 is 6.36 Å². The average Bonchev–Trinajstić information content (AvgIpc) is 2.40. The molecule has 2 aromatic rings. The Morgan fingerprint density at radius 1 is 1.05 bits per heavy atom. The summed E-state index contributed by atoms with van der Waals surface area (Å²) in [7, 11) is 0. The van der Waals surface area contributed by atoms with Crippen molar-refractivity contribution in [2.24, 2.45) is 0 Å². The first-order valence-electron chi connectivity index (χ1n) is 6.29. The van der Waals surface area contributed by atoms with Crippen LogP contribution in [0.25, 0.3) is 0 Å². The van der Waals surface area contributed by atoms with Gasteiger partial charge in [0, 0.05) is 12.0 Å². The fourth-order valence-electron chi connectivity index (χ4n) is 1.98. The number of carbonyl (C=O) groups is 1. The number of Topliss-reactive ketones (excluding diaryl/α,β-unsaturated/α-hetero) is 1. The number of hydrogen-bond donors (Lipinski definition) is 0. The molecule has 0 aliphatic carbocycles. The third kappa shape index (κ3) is 4.34. The molecule has 5 heteroatoms. The van der Waals surface area contributed by atoms with E-state index in [4.69, 9.17) is 0 Å². The molecule has 0 atom stereocenters. The van der Waals surface area contributed by atoms with E-state index in [0.29, 0.717) is 11.1 Å². The molecule has 0 aliphatic rings. The predicted octanol–water partition coefficient (Wildman–Crippen LogP) is 4.32. The second-order valence-corrected chi connectivity index (χ2v) is 4.61. The number of rotatable bonds is 4. The first-order chi connectivity index (χ1) is 9.85. The van der Waals surface area contributed by atoms with E-state index in [2.05, 4.69) is 4.74 Å². The van der Waals surface area contributed by atoms with Crippen molar-refractivity contribution >= 4 is 5.78 Å². The van der Waals surface area contributed by atoms with Crippen LogP contribution in [0.3, 0.4) is 0 Å². The molecule has 21 heavy (non-hydrogen) atoms. The van der Waals surface area contributed by atoms with E-state index in [1.54, 1.807) is 12.1 Å². The Morgan fingerprint density at radius 3 is 2.24 bits per heavy atom. The first-order valence-corrected chi connectivity index (χ1v) is 6.29. The highest BCUT2D eigenvalue weighted by molar-refractivity contribution is 5.98. The van der Waals surface area contributed by atoms with Gasteiger partial charge in [-0.05, 0) is 30.2 Å². The molecule has 0 saturated carbocycles. The van der Waals surface area contributed by atoms with Crippen molar-refractivity contribution in [3.63, 3.8) is 0 Å². The quantitative estimate of drug-likeness (QED) is 0.785. The number of carbonyl (C=O) groups excluding carboxylic acids is 1. The summed E-state index contributed by atoms with van der Waals surface area (Å²) < 4.78 is 39.9. The van der Waals surface area contributed by atoms with Crippen LogP contribution in [0.5, 0.6) is 5.75 Å². The van der Waals surface area contributed by atoms with Gasteiger partial charge in [-0.2, -0.15) is 0 Å². The molecule has 0 aromatic heterocycles. The van der Waals surface area contributed by atoms with E-state index >= 15 is 0 Å². The molecule has 2 aromatic carbocycles. The van der Waals surface area contributed by atoms with Crippen molar-refractivity contribution in [3.8, 4) is 5.75 Å². The monoisotopic (exact) mass is 294 g/mol. The van der Waals surface area contributed by atoms with Crippen molar-refractivity contribution in [1.29, 1.82) is 0 Å². The van der Waals surface area contributed by atoms with E-state index in [9.17, 15) is 18.0 Å². The van der Waals surface area contributed by atoms with Crippen LogP contribution in [0.1, 0.15) is 21.5 Å². The Hall–Kier alpha value is -2.30. The number of benzene rings is 2. The van der Waals surface area contributed by atoms with Gasteiger partial charge in [0.25, 0.3) is 0 Å². The van der Waals surface area contributed by atoms with Crippen molar-refractivity contribution in [3.05, 3.63) is 65.2 Å². The van der Waals surface area contributed by atoms with Gasteiger partial charge in [-0.1, -0.05) is 36.4 Å². The Morgan fingerprint density at radius 2 is 1.67 bits per heavy atom. The Bertz CT molecular complexity index is 631. The average molecular weight is 294 g/mol. The van der Waals surface area contributed by atoms with Gasteiger partial charge in [-0.3, -0.25) is 4.79 Å². The van der Waals surface area contributed by atoms with Crippen LogP contribution in [-0.4, -0.2) is 12.1 Å². The van der Waals surface area contributed by atoms with Crippen molar-refractivity contribution < 1.29 is 22.7 Å². The molecule has 0 unspecified atom stereocenters. The summed E-state index contributed by atoms with van der Waals surface area (Å²) in [4.78, 5) is 12.1. The fraction of sp³-hybridized carbons (Fsp3) is 0.188. The van der Waals surface area contributed by atoms with Crippen molar-refractivity contribution in [2.45, 2.75) is 19.7 Å². The zero-order valence-corrected chi connectivity index (χ0v) is 11.3. The van der Waals surface area contributed by atoms with Gasteiger partial charge in [-0.15, -0.1) is 13.2 Å². The van der Waals surface area contributed by atoms with Crippen molar-refractivity contribution in [1.82, 2.24) is 0 Å². The summed E-state index contributed by atoms with van der Waals surface area (Å²) in [5.41, 5.74) is 2.13. The van der Waals surface area contributed by atoms with Crippen molar-refractivity contribution in [2.75, 3.05) is 0 Å². The first kappa shape index (κ1) is 15.1. The molecule has 0 heterocycles. The minimum atomic E-state index is -4.71. The summed E-state index contributed by atoms with van der Waals surface area (Å²) >= 11 is 0. The summed E-state index contributed by atoms with van der Waals surface area (Å²) in [6.45, 7) is 1.84. The predicted molar refractivity (Wildman–Crippen MR) is 72.3 cm³/mol. The largest absolute Gasteiger partial charge is 0.573 e. The summed E-state index contributed by atoms with van der Waals surface area (Å²) in [5.74, 6) is -0.368. The summed E-state index contributed by atoms with van der Waals surface area (Å²) in [6.07, 6.45) is -4.57.